The minimum Gasteiger partial charge on any atom is -0.496 e. The highest BCUT2D eigenvalue weighted by molar-refractivity contribution is 14.0. The van der Waals surface area contributed by atoms with Crippen molar-refractivity contribution in [2.24, 2.45) is 4.99 Å². The van der Waals surface area contributed by atoms with Gasteiger partial charge in [-0.1, -0.05) is 35.9 Å². The van der Waals surface area contributed by atoms with Crippen molar-refractivity contribution in [3.8, 4) is 5.75 Å². The van der Waals surface area contributed by atoms with Crippen molar-refractivity contribution < 1.29 is 9.53 Å². The van der Waals surface area contributed by atoms with E-state index in [0.717, 1.165) is 22.6 Å². The maximum Gasteiger partial charge on any atom is 0.225 e. The first kappa shape index (κ1) is 22.3. The number of rotatable bonds is 5. The molecule has 0 saturated carbocycles. The smallest absolute Gasteiger partial charge is 0.225 e. The van der Waals surface area contributed by atoms with Crippen molar-refractivity contribution in [2.45, 2.75) is 18.9 Å². The lowest BCUT2D eigenvalue weighted by Crippen LogP contribution is -2.40. The molecular formula is C20H24ClIN4O2. The molecule has 3 rings (SSSR count). The molecule has 1 unspecified atom stereocenters. The van der Waals surface area contributed by atoms with Gasteiger partial charge in [-0.3, -0.25) is 9.79 Å². The van der Waals surface area contributed by atoms with Crippen LogP contribution in [0.25, 0.3) is 0 Å². The zero-order chi connectivity index (χ0) is 19.2. The molecule has 0 aliphatic carbocycles. The lowest BCUT2D eigenvalue weighted by molar-refractivity contribution is -0.116. The summed E-state index contributed by atoms with van der Waals surface area (Å²) in [5.41, 5.74) is 3.00. The van der Waals surface area contributed by atoms with Crippen LogP contribution in [0.15, 0.2) is 47.5 Å². The van der Waals surface area contributed by atoms with Crippen LogP contribution >= 0.6 is 35.6 Å². The van der Waals surface area contributed by atoms with Gasteiger partial charge in [0.2, 0.25) is 5.91 Å². The van der Waals surface area contributed by atoms with Crippen LogP contribution in [-0.2, 0) is 11.3 Å². The van der Waals surface area contributed by atoms with E-state index in [1.165, 1.54) is 0 Å². The Morgan fingerprint density at radius 3 is 2.82 bits per heavy atom. The zero-order valence-electron chi connectivity index (χ0n) is 15.8. The van der Waals surface area contributed by atoms with Crippen LogP contribution in [0.1, 0.15) is 23.5 Å². The molecule has 150 valence electrons. The molecule has 2 aromatic carbocycles. The van der Waals surface area contributed by atoms with E-state index in [1.807, 2.05) is 30.3 Å². The molecule has 3 N–H and O–H groups in total. The molecule has 8 heteroatoms. The number of hydrogen-bond donors (Lipinski definition) is 3. The van der Waals surface area contributed by atoms with Gasteiger partial charge in [0, 0.05) is 48.7 Å². The Hall–Kier alpha value is -2.00. The quantitative estimate of drug-likeness (QED) is 0.323. The lowest BCUT2D eigenvalue weighted by atomic mass is 9.90. The number of anilines is 1. The maximum atomic E-state index is 11.9. The number of amides is 1. The summed E-state index contributed by atoms with van der Waals surface area (Å²) in [7, 11) is 3.34. The number of benzene rings is 2. The second-order valence-electron chi connectivity index (χ2n) is 6.30. The van der Waals surface area contributed by atoms with Crippen molar-refractivity contribution in [1.82, 2.24) is 10.6 Å². The average molecular weight is 515 g/mol. The number of carbonyl (C=O) groups excluding carboxylic acids is 1. The molecule has 6 nitrogen and oxygen atoms in total. The summed E-state index contributed by atoms with van der Waals surface area (Å²) in [6.07, 6.45) is 0.450. The fraction of sp³-hybridized carbons (Fsp3) is 0.300. The third-order valence-corrected chi connectivity index (χ3v) is 4.78. The number of nitrogens with one attached hydrogen (secondary N) is 3. The van der Waals surface area contributed by atoms with Gasteiger partial charge in [0.1, 0.15) is 5.75 Å². The number of methoxy groups -OCH3 is 1. The Balaban J connectivity index is 0.00000280. The molecule has 0 radical (unpaired) electrons. The third kappa shape index (κ3) is 5.51. The summed E-state index contributed by atoms with van der Waals surface area (Å²) in [6.45, 7) is 1.16. The summed E-state index contributed by atoms with van der Waals surface area (Å²) in [6, 6.07) is 13.4. The topological polar surface area (TPSA) is 74.8 Å². The monoisotopic (exact) mass is 514 g/mol. The van der Waals surface area contributed by atoms with Gasteiger partial charge < -0.3 is 20.7 Å². The van der Waals surface area contributed by atoms with E-state index in [2.05, 4.69) is 27.0 Å². The van der Waals surface area contributed by atoms with Crippen molar-refractivity contribution in [2.75, 3.05) is 26.0 Å². The predicted octanol–water partition coefficient (Wildman–Crippen LogP) is 3.76. The van der Waals surface area contributed by atoms with Crippen LogP contribution in [0.5, 0.6) is 5.75 Å². The van der Waals surface area contributed by atoms with Gasteiger partial charge >= 0.3 is 0 Å². The molecule has 28 heavy (non-hydrogen) atoms. The van der Waals surface area contributed by atoms with Crippen molar-refractivity contribution in [3.05, 3.63) is 58.6 Å². The zero-order valence-corrected chi connectivity index (χ0v) is 18.9. The molecule has 1 heterocycles. The number of ether oxygens (including phenoxy) is 1. The first-order chi connectivity index (χ1) is 13.1. The Morgan fingerprint density at radius 2 is 2.07 bits per heavy atom. The normalized spacial score (nSPS) is 15.8. The minimum atomic E-state index is 0. The van der Waals surface area contributed by atoms with Crippen LogP contribution < -0.4 is 20.7 Å². The van der Waals surface area contributed by atoms with E-state index in [0.29, 0.717) is 30.5 Å². The standard InChI is InChI=1S/C20H23ClN4O2.HI/c1-22-20(23-11-13-7-8-15(21)10-18(13)27-2)24-12-14-9-19(26)25-17-6-4-3-5-16(14)17;/h3-8,10,14H,9,11-12H2,1-2H3,(H,25,26)(H2,22,23,24);1H. The maximum absolute atomic E-state index is 11.9. The average Bonchev–Trinajstić information content (AvgIpc) is 2.68. The van der Waals surface area contributed by atoms with Crippen LogP contribution in [0.3, 0.4) is 0 Å². The van der Waals surface area contributed by atoms with Gasteiger partial charge in [0.15, 0.2) is 5.96 Å². The van der Waals surface area contributed by atoms with Crippen LogP contribution in [0, 0.1) is 0 Å². The van der Waals surface area contributed by atoms with Gasteiger partial charge in [0.25, 0.3) is 0 Å². The first-order valence-electron chi connectivity index (χ1n) is 8.76. The lowest BCUT2D eigenvalue weighted by Gasteiger charge is -2.26. The van der Waals surface area contributed by atoms with E-state index in [-0.39, 0.29) is 35.8 Å². The number of para-hydroxylation sites is 1. The molecule has 0 aromatic heterocycles. The summed E-state index contributed by atoms with van der Waals surface area (Å²) in [4.78, 5) is 16.2. The number of fused-ring (bicyclic) bond motifs is 1. The van der Waals surface area contributed by atoms with E-state index < -0.39 is 0 Å². The number of guanidine groups is 1. The van der Waals surface area contributed by atoms with E-state index >= 15 is 0 Å². The molecule has 1 aliphatic heterocycles. The van der Waals surface area contributed by atoms with E-state index in [1.54, 1.807) is 20.2 Å². The van der Waals surface area contributed by atoms with Crippen molar-refractivity contribution in [3.63, 3.8) is 0 Å². The number of aliphatic imine (C=N–C) groups is 1. The summed E-state index contributed by atoms with van der Waals surface area (Å²) >= 11 is 6.01. The molecule has 1 atom stereocenters. The second kappa shape index (κ2) is 10.5. The Morgan fingerprint density at radius 1 is 1.29 bits per heavy atom. The minimum absolute atomic E-state index is 0. The molecule has 1 aliphatic rings. The number of nitrogens with zero attached hydrogens (tertiary/aromatic N) is 1. The highest BCUT2D eigenvalue weighted by atomic mass is 127. The first-order valence-corrected chi connectivity index (χ1v) is 9.14. The Labute approximate surface area is 187 Å². The van der Waals surface area contributed by atoms with Gasteiger partial charge in [-0.15, -0.1) is 24.0 Å². The van der Waals surface area contributed by atoms with Gasteiger partial charge in [-0.2, -0.15) is 0 Å². The van der Waals surface area contributed by atoms with E-state index in [9.17, 15) is 4.79 Å². The molecule has 0 bridgehead atoms. The highest BCUT2D eigenvalue weighted by Gasteiger charge is 2.24. The fourth-order valence-corrected chi connectivity index (χ4v) is 3.33. The number of hydrogen-bond acceptors (Lipinski definition) is 3. The highest BCUT2D eigenvalue weighted by Crippen LogP contribution is 2.31. The summed E-state index contributed by atoms with van der Waals surface area (Å²) in [5.74, 6) is 1.52. The van der Waals surface area contributed by atoms with Gasteiger partial charge in [0.05, 0.1) is 7.11 Å². The fourth-order valence-electron chi connectivity index (χ4n) is 3.17. The number of carbonyl (C=O) groups is 1. The largest absolute Gasteiger partial charge is 0.496 e. The molecule has 0 saturated heterocycles. The van der Waals surface area contributed by atoms with E-state index in [4.69, 9.17) is 16.3 Å². The molecule has 0 spiro atoms. The van der Waals surface area contributed by atoms with Gasteiger partial charge in [-0.25, -0.2) is 0 Å². The van der Waals surface area contributed by atoms with Crippen molar-refractivity contribution >= 4 is 53.1 Å². The Bertz CT molecular complexity index is 860. The Kier molecular flexibility index (Phi) is 8.37. The molecular weight excluding hydrogens is 491 g/mol. The SMILES string of the molecule is CN=C(NCc1ccc(Cl)cc1OC)NCC1CC(=O)Nc2ccccc21.I. The molecule has 2 aromatic rings. The van der Waals surface area contributed by atoms with Crippen LogP contribution in [0.4, 0.5) is 5.69 Å². The number of halogens is 2. The predicted molar refractivity (Wildman–Crippen MR) is 124 cm³/mol. The second-order valence-corrected chi connectivity index (χ2v) is 6.74. The van der Waals surface area contributed by atoms with Crippen LogP contribution in [0.2, 0.25) is 5.02 Å². The van der Waals surface area contributed by atoms with Gasteiger partial charge in [-0.05, 0) is 23.8 Å². The summed E-state index contributed by atoms with van der Waals surface area (Å²) < 4.78 is 5.37. The summed E-state index contributed by atoms with van der Waals surface area (Å²) in [5, 5.41) is 10.1. The van der Waals surface area contributed by atoms with Crippen LogP contribution in [-0.4, -0.2) is 32.6 Å². The third-order valence-electron chi connectivity index (χ3n) is 4.54. The molecule has 1 amide bonds. The van der Waals surface area contributed by atoms with Crippen molar-refractivity contribution in [1.29, 1.82) is 0 Å². The molecule has 0 fully saturated rings.